The first kappa shape index (κ1) is 26.2. The van der Waals surface area contributed by atoms with Crippen LogP contribution in [-0.2, 0) is 4.79 Å². The molecule has 0 unspecified atom stereocenters. The van der Waals surface area contributed by atoms with Gasteiger partial charge in [0.15, 0.2) is 17.3 Å². The Morgan fingerprint density at radius 2 is 1.07 bits per heavy atom. The Morgan fingerprint density at radius 1 is 0.585 bits per heavy atom. The van der Waals surface area contributed by atoms with Crippen molar-refractivity contribution in [2.24, 2.45) is 11.8 Å². The smallest absolute Gasteiger partial charge is 0.318 e. The van der Waals surface area contributed by atoms with Crippen molar-refractivity contribution in [3.8, 4) is 62.9 Å². The molecule has 0 amide bonds. The van der Waals surface area contributed by atoms with Crippen LogP contribution in [0.25, 0.3) is 32.7 Å². The SMILES string of the molecule is C[C@@H]1Oc2cc3c(-c4c(O)cc(O)c5c(O)c6c(cc45)O[C@H](C)[C@@H](C)C(=O)O6)c(O)cc(O)c3c(O)c2C(=O)[C@@H]1C. The summed E-state index contributed by atoms with van der Waals surface area (Å²) in [4.78, 5) is 25.6. The molecule has 6 N–H and O–H groups in total. The summed E-state index contributed by atoms with van der Waals surface area (Å²) in [5.41, 5.74) is -0.371. The van der Waals surface area contributed by atoms with Crippen molar-refractivity contribution in [1.29, 1.82) is 0 Å². The number of ether oxygens (including phenoxy) is 3. The second-order valence-electron chi connectivity index (χ2n) is 10.6. The number of hydrogen-bond donors (Lipinski definition) is 6. The molecule has 11 heteroatoms. The Hall–Kier alpha value is -5.06. The molecule has 4 atom stereocenters. The maximum Gasteiger partial charge on any atom is 0.318 e. The maximum atomic E-state index is 13.0. The van der Waals surface area contributed by atoms with Gasteiger partial charge in [-0.15, -0.1) is 0 Å². The minimum Gasteiger partial charge on any atom is -0.507 e. The summed E-state index contributed by atoms with van der Waals surface area (Å²) < 4.78 is 17.2. The van der Waals surface area contributed by atoms with Gasteiger partial charge in [-0.25, -0.2) is 0 Å². The van der Waals surface area contributed by atoms with E-state index in [-0.39, 0.29) is 55.5 Å². The van der Waals surface area contributed by atoms with Gasteiger partial charge in [0.25, 0.3) is 0 Å². The first-order chi connectivity index (χ1) is 19.3. The van der Waals surface area contributed by atoms with E-state index >= 15 is 0 Å². The summed E-state index contributed by atoms with van der Waals surface area (Å²) in [6.07, 6.45) is -1.21. The van der Waals surface area contributed by atoms with Gasteiger partial charge in [-0.3, -0.25) is 9.59 Å². The van der Waals surface area contributed by atoms with Crippen molar-refractivity contribution in [2.75, 3.05) is 0 Å². The topological polar surface area (TPSA) is 183 Å². The average molecular weight is 563 g/mol. The van der Waals surface area contributed by atoms with Crippen molar-refractivity contribution in [2.45, 2.75) is 39.9 Å². The molecule has 0 aromatic heterocycles. The number of Topliss-reactive ketones (excluding diaryl/α,β-unsaturated/α-hetero) is 1. The van der Waals surface area contributed by atoms with Gasteiger partial charge in [-0.1, -0.05) is 6.92 Å². The fraction of sp³-hybridized carbons (Fsp3) is 0.267. The zero-order valence-corrected chi connectivity index (χ0v) is 22.3. The highest BCUT2D eigenvalue weighted by Crippen LogP contribution is 2.56. The van der Waals surface area contributed by atoms with Gasteiger partial charge in [0.05, 0.1) is 22.6 Å². The lowest BCUT2D eigenvalue weighted by Crippen LogP contribution is -2.33. The van der Waals surface area contributed by atoms with Crippen LogP contribution in [-0.4, -0.2) is 54.6 Å². The van der Waals surface area contributed by atoms with Crippen LogP contribution in [0, 0.1) is 11.8 Å². The zero-order chi connectivity index (χ0) is 29.7. The number of benzene rings is 4. The third-order valence-electron chi connectivity index (χ3n) is 8.11. The third-order valence-corrected chi connectivity index (χ3v) is 8.11. The highest BCUT2D eigenvalue weighted by Gasteiger charge is 2.37. The van der Waals surface area contributed by atoms with Crippen LogP contribution in [0.2, 0.25) is 0 Å². The minimum absolute atomic E-state index is 0.000591. The molecule has 41 heavy (non-hydrogen) atoms. The van der Waals surface area contributed by atoms with E-state index in [1.165, 1.54) is 12.1 Å². The van der Waals surface area contributed by atoms with Gasteiger partial charge < -0.3 is 44.8 Å². The molecule has 4 aromatic rings. The van der Waals surface area contributed by atoms with Crippen molar-refractivity contribution >= 4 is 33.3 Å². The van der Waals surface area contributed by atoms with Crippen LogP contribution in [0.3, 0.4) is 0 Å². The highest BCUT2D eigenvalue weighted by molar-refractivity contribution is 6.18. The molecule has 0 radical (unpaired) electrons. The van der Waals surface area contributed by atoms with Gasteiger partial charge in [-0.2, -0.15) is 0 Å². The van der Waals surface area contributed by atoms with E-state index in [4.69, 9.17) is 14.2 Å². The van der Waals surface area contributed by atoms with Gasteiger partial charge in [0.2, 0.25) is 5.75 Å². The lowest BCUT2D eigenvalue weighted by molar-refractivity contribution is -0.139. The molecule has 2 aliphatic rings. The number of carbonyl (C=O) groups is 2. The predicted octanol–water partition coefficient (Wildman–Crippen LogP) is 4.82. The van der Waals surface area contributed by atoms with Crippen LogP contribution >= 0.6 is 0 Å². The standard InChI is InChI=1S/C30H26O11/c1-9-11(3)39-19-5-13-21(15(31)7-17(33)23(13)27(36)25(19)26(9)35)22-14-6-20-29(41-30(38)10(2)12(4)40-20)28(37)24(14)18(34)8-16(22)32/h5-12,31-34,36-37H,1-4H3/t9-,10-,11+,12-/m1/s1. The Kier molecular flexibility index (Phi) is 5.57. The van der Waals surface area contributed by atoms with E-state index in [1.807, 2.05) is 0 Å². The normalized spacial score (nSPS) is 22.0. The van der Waals surface area contributed by atoms with Gasteiger partial charge in [0.1, 0.15) is 52.3 Å². The Bertz CT molecular complexity index is 1840. The lowest BCUT2D eigenvalue weighted by atomic mass is 9.86. The Morgan fingerprint density at radius 3 is 1.66 bits per heavy atom. The number of phenolic OH excluding ortho intramolecular Hbond substituents is 6. The minimum atomic E-state index is -0.696. The number of rotatable bonds is 1. The molecule has 0 saturated carbocycles. The number of carbonyl (C=O) groups excluding carboxylic acids is 2. The second-order valence-corrected chi connectivity index (χ2v) is 10.6. The quantitative estimate of drug-likeness (QED) is 0.138. The molecule has 11 nitrogen and oxygen atoms in total. The van der Waals surface area contributed by atoms with E-state index < -0.39 is 70.3 Å². The summed E-state index contributed by atoms with van der Waals surface area (Å²) >= 11 is 0. The molecule has 0 fully saturated rings. The average Bonchev–Trinajstić information content (AvgIpc) is 2.99. The molecule has 6 rings (SSSR count). The number of phenols is 6. The number of hydrogen-bond acceptors (Lipinski definition) is 11. The molecule has 2 aliphatic heterocycles. The Labute approximate surface area is 232 Å². The van der Waals surface area contributed by atoms with E-state index in [2.05, 4.69) is 0 Å². The number of ketones is 1. The summed E-state index contributed by atoms with van der Waals surface area (Å²) in [5, 5.41) is 65.7. The predicted molar refractivity (Wildman–Crippen MR) is 145 cm³/mol. The van der Waals surface area contributed by atoms with Crippen LogP contribution in [0.4, 0.5) is 0 Å². The number of aromatic hydroxyl groups is 6. The van der Waals surface area contributed by atoms with Crippen LogP contribution in [0.5, 0.6) is 51.7 Å². The van der Waals surface area contributed by atoms with Gasteiger partial charge in [0, 0.05) is 34.0 Å². The Balaban J connectivity index is 1.74. The van der Waals surface area contributed by atoms with Crippen LogP contribution in [0.15, 0.2) is 24.3 Å². The summed E-state index contributed by atoms with van der Waals surface area (Å²) in [6.45, 7) is 6.57. The van der Waals surface area contributed by atoms with E-state index in [0.717, 1.165) is 12.1 Å². The second kappa shape index (κ2) is 8.72. The largest absolute Gasteiger partial charge is 0.507 e. The molecule has 4 aromatic carbocycles. The van der Waals surface area contributed by atoms with Crippen molar-refractivity contribution < 1.29 is 54.4 Å². The first-order valence-corrected chi connectivity index (χ1v) is 12.9. The number of fused-ring (bicyclic) bond motifs is 4. The monoisotopic (exact) mass is 562 g/mol. The molecule has 0 spiro atoms. The van der Waals surface area contributed by atoms with E-state index in [0.29, 0.717) is 0 Å². The van der Waals surface area contributed by atoms with Gasteiger partial charge >= 0.3 is 5.97 Å². The fourth-order valence-corrected chi connectivity index (χ4v) is 5.48. The van der Waals surface area contributed by atoms with Crippen molar-refractivity contribution in [3.63, 3.8) is 0 Å². The molecule has 2 heterocycles. The summed E-state index contributed by atoms with van der Waals surface area (Å²) in [5.74, 6) is -6.12. The molecule has 0 bridgehead atoms. The maximum absolute atomic E-state index is 13.0. The van der Waals surface area contributed by atoms with Crippen molar-refractivity contribution in [1.82, 2.24) is 0 Å². The first-order valence-electron chi connectivity index (χ1n) is 12.9. The molecule has 0 saturated heterocycles. The summed E-state index contributed by atoms with van der Waals surface area (Å²) in [6, 6.07) is 4.56. The highest BCUT2D eigenvalue weighted by atomic mass is 16.6. The van der Waals surface area contributed by atoms with Crippen molar-refractivity contribution in [3.05, 3.63) is 29.8 Å². The molecular weight excluding hydrogens is 536 g/mol. The van der Waals surface area contributed by atoms with Crippen LogP contribution in [0.1, 0.15) is 38.1 Å². The lowest BCUT2D eigenvalue weighted by Gasteiger charge is -2.29. The van der Waals surface area contributed by atoms with Crippen LogP contribution < -0.4 is 14.2 Å². The molecular formula is C30H26O11. The fourth-order valence-electron chi connectivity index (χ4n) is 5.48. The van der Waals surface area contributed by atoms with E-state index in [1.54, 1.807) is 27.7 Å². The third kappa shape index (κ3) is 3.58. The summed E-state index contributed by atoms with van der Waals surface area (Å²) in [7, 11) is 0. The van der Waals surface area contributed by atoms with Gasteiger partial charge in [-0.05, 0) is 32.9 Å². The zero-order valence-electron chi connectivity index (χ0n) is 22.3. The number of esters is 1. The molecule has 212 valence electrons. The molecule has 0 aliphatic carbocycles. The van der Waals surface area contributed by atoms with E-state index in [9.17, 15) is 40.2 Å².